The molecule has 3 aromatic rings. The van der Waals surface area contributed by atoms with Gasteiger partial charge in [0, 0.05) is 11.5 Å². The quantitative estimate of drug-likeness (QED) is 0.517. The molecule has 0 fully saturated rings. The third-order valence-electron chi connectivity index (χ3n) is 3.23. The van der Waals surface area contributed by atoms with Crippen LogP contribution in [0.2, 0.25) is 0 Å². The van der Waals surface area contributed by atoms with Crippen molar-refractivity contribution in [2.75, 3.05) is 0 Å². The summed E-state index contributed by atoms with van der Waals surface area (Å²) >= 11 is 1.46. The van der Waals surface area contributed by atoms with Crippen molar-refractivity contribution >= 4 is 34.4 Å². The smallest absolute Gasteiger partial charge is 0.331 e. The molecule has 0 atom stereocenters. The molecular formula is C16H13F2N3O2S. The van der Waals surface area contributed by atoms with Gasteiger partial charge < -0.3 is 4.74 Å². The fourth-order valence-electron chi connectivity index (χ4n) is 2.21. The van der Waals surface area contributed by atoms with Crippen LogP contribution in [0.5, 0.6) is 0 Å². The highest BCUT2D eigenvalue weighted by Crippen LogP contribution is 2.23. The molecule has 0 saturated carbocycles. The molecule has 0 aliphatic heterocycles. The fourth-order valence-corrected chi connectivity index (χ4v) is 2.79. The second-order valence-corrected chi connectivity index (χ2v) is 5.96. The van der Waals surface area contributed by atoms with E-state index in [2.05, 4.69) is 9.97 Å². The largest absolute Gasteiger partial charge is 0.454 e. The van der Waals surface area contributed by atoms with Crippen LogP contribution in [0.4, 0.5) is 8.78 Å². The lowest BCUT2D eigenvalue weighted by Gasteiger charge is -2.07. The van der Waals surface area contributed by atoms with Crippen molar-refractivity contribution in [2.24, 2.45) is 0 Å². The van der Waals surface area contributed by atoms with Crippen molar-refractivity contribution in [1.82, 2.24) is 14.5 Å². The van der Waals surface area contributed by atoms with Crippen molar-refractivity contribution in [3.63, 3.8) is 0 Å². The monoisotopic (exact) mass is 349 g/mol. The molecular weight excluding hydrogens is 336 g/mol. The number of benzene rings is 1. The predicted molar refractivity (Wildman–Crippen MR) is 86.7 cm³/mol. The van der Waals surface area contributed by atoms with E-state index in [1.807, 2.05) is 6.92 Å². The minimum absolute atomic E-state index is 0.00236. The molecule has 0 spiro atoms. The average Bonchev–Trinajstić information content (AvgIpc) is 3.13. The lowest BCUT2D eigenvalue weighted by Crippen LogP contribution is -2.09. The van der Waals surface area contributed by atoms with Crippen molar-refractivity contribution in [2.45, 2.75) is 20.1 Å². The summed E-state index contributed by atoms with van der Waals surface area (Å²) in [6.45, 7) is -1.24. The van der Waals surface area contributed by atoms with Crippen LogP contribution in [0.15, 0.2) is 35.7 Å². The summed E-state index contributed by atoms with van der Waals surface area (Å²) in [6, 6.07) is 6.53. The molecule has 0 N–H and O–H groups in total. The molecule has 0 unspecified atom stereocenters. The Morgan fingerprint density at radius 2 is 2.17 bits per heavy atom. The Hall–Kier alpha value is -2.61. The second-order valence-electron chi connectivity index (χ2n) is 4.90. The van der Waals surface area contributed by atoms with E-state index in [0.29, 0.717) is 16.7 Å². The molecule has 0 radical (unpaired) electrons. The van der Waals surface area contributed by atoms with Crippen LogP contribution in [-0.2, 0) is 16.1 Å². The first-order valence-corrected chi connectivity index (χ1v) is 7.93. The molecule has 0 amide bonds. The van der Waals surface area contributed by atoms with Gasteiger partial charge in [-0.05, 0) is 25.1 Å². The zero-order valence-electron chi connectivity index (χ0n) is 12.6. The Kier molecular flexibility index (Phi) is 4.66. The molecule has 3 rings (SSSR count). The summed E-state index contributed by atoms with van der Waals surface area (Å²) in [5, 5.41) is 2.68. The summed E-state index contributed by atoms with van der Waals surface area (Å²) in [4.78, 5) is 20.0. The normalized spacial score (nSPS) is 11.7. The number of thiazole rings is 1. The maximum atomic E-state index is 13.2. The van der Waals surface area contributed by atoms with Gasteiger partial charge in [-0.1, -0.05) is 12.1 Å². The van der Waals surface area contributed by atoms with Crippen molar-refractivity contribution in [3.8, 4) is 0 Å². The molecule has 24 heavy (non-hydrogen) atoms. The molecule has 0 bridgehead atoms. The lowest BCUT2D eigenvalue weighted by molar-refractivity contribution is -0.139. The second kappa shape index (κ2) is 6.88. The summed E-state index contributed by atoms with van der Waals surface area (Å²) < 4.78 is 32.3. The van der Waals surface area contributed by atoms with Gasteiger partial charge in [0.1, 0.15) is 6.61 Å². The molecule has 8 heteroatoms. The molecule has 1 aromatic carbocycles. The van der Waals surface area contributed by atoms with Crippen molar-refractivity contribution in [3.05, 3.63) is 52.2 Å². The molecule has 2 aromatic heterocycles. The summed E-state index contributed by atoms with van der Waals surface area (Å²) in [7, 11) is 0. The zero-order valence-corrected chi connectivity index (χ0v) is 13.5. The Balaban J connectivity index is 1.72. The van der Waals surface area contributed by atoms with Gasteiger partial charge in [0.25, 0.3) is 0 Å². The standard InChI is InChI=1S/C16H13F2N3O2S/c1-10-19-11(9-24-10)6-7-15(22)23-8-14-20-12-4-2-3-5-13(12)21(14)16(17)18/h2-7,9,16H,8H2,1H3/b7-6+. The topological polar surface area (TPSA) is 57.0 Å². The van der Waals surface area contributed by atoms with Gasteiger partial charge in [-0.25, -0.2) is 14.8 Å². The van der Waals surface area contributed by atoms with Gasteiger partial charge in [-0.15, -0.1) is 11.3 Å². The van der Waals surface area contributed by atoms with Gasteiger partial charge in [-0.3, -0.25) is 4.57 Å². The van der Waals surface area contributed by atoms with E-state index in [0.717, 1.165) is 9.57 Å². The van der Waals surface area contributed by atoms with Crippen LogP contribution in [0.25, 0.3) is 17.1 Å². The Bertz CT molecular complexity index is 902. The van der Waals surface area contributed by atoms with Gasteiger partial charge in [0.15, 0.2) is 5.82 Å². The zero-order chi connectivity index (χ0) is 17.1. The Morgan fingerprint density at radius 1 is 1.38 bits per heavy atom. The number of para-hydroxylation sites is 2. The number of hydrogen-bond donors (Lipinski definition) is 0. The van der Waals surface area contributed by atoms with Crippen molar-refractivity contribution < 1.29 is 18.3 Å². The van der Waals surface area contributed by atoms with Crippen LogP contribution >= 0.6 is 11.3 Å². The SMILES string of the molecule is Cc1nc(/C=C/C(=O)OCc2nc3ccccc3n2C(F)F)cs1. The minimum atomic E-state index is -2.76. The molecule has 5 nitrogen and oxygen atoms in total. The van der Waals surface area contributed by atoms with E-state index in [1.165, 1.54) is 23.5 Å². The van der Waals surface area contributed by atoms with E-state index >= 15 is 0 Å². The molecule has 0 aliphatic carbocycles. The average molecular weight is 349 g/mol. The number of aromatic nitrogens is 3. The predicted octanol–water partition coefficient (Wildman–Crippen LogP) is 3.95. The van der Waals surface area contributed by atoms with Crippen molar-refractivity contribution in [1.29, 1.82) is 0 Å². The Labute approximate surface area is 140 Å². The number of nitrogens with zero attached hydrogens (tertiary/aromatic N) is 3. The van der Waals surface area contributed by atoms with E-state index < -0.39 is 12.5 Å². The lowest BCUT2D eigenvalue weighted by atomic mass is 10.3. The number of fused-ring (bicyclic) bond motifs is 1. The number of imidazole rings is 1. The molecule has 0 aliphatic rings. The summed E-state index contributed by atoms with van der Waals surface area (Å²) in [5.74, 6) is -0.647. The van der Waals surface area contributed by atoms with Crippen LogP contribution < -0.4 is 0 Å². The first-order valence-electron chi connectivity index (χ1n) is 7.05. The molecule has 2 heterocycles. The van der Waals surface area contributed by atoms with Gasteiger partial charge in [-0.2, -0.15) is 8.78 Å². The first-order chi connectivity index (χ1) is 11.5. The number of rotatable bonds is 5. The minimum Gasteiger partial charge on any atom is -0.454 e. The fraction of sp³-hybridized carbons (Fsp3) is 0.188. The molecule has 0 saturated heterocycles. The van der Waals surface area contributed by atoms with Crippen LogP contribution in [0.1, 0.15) is 23.1 Å². The highest BCUT2D eigenvalue weighted by molar-refractivity contribution is 7.09. The van der Waals surface area contributed by atoms with E-state index in [-0.39, 0.29) is 12.4 Å². The van der Waals surface area contributed by atoms with Crippen LogP contribution in [0.3, 0.4) is 0 Å². The van der Waals surface area contributed by atoms with Gasteiger partial charge >= 0.3 is 12.5 Å². The molecule has 124 valence electrons. The summed E-state index contributed by atoms with van der Waals surface area (Å²) in [6.07, 6.45) is 2.73. The maximum Gasteiger partial charge on any atom is 0.331 e. The third kappa shape index (κ3) is 3.48. The van der Waals surface area contributed by atoms with Gasteiger partial charge in [0.05, 0.1) is 21.7 Å². The number of aryl methyl sites for hydroxylation is 1. The number of ether oxygens (including phenoxy) is 1. The first kappa shape index (κ1) is 16.3. The van der Waals surface area contributed by atoms with E-state index in [4.69, 9.17) is 4.74 Å². The van der Waals surface area contributed by atoms with E-state index in [9.17, 15) is 13.6 Å². The number of carbonyl (C=O) groups is 1. The van der Waals surface area contributed by atoms with Crippen LogP contribution in [-0.4, -0.2) is 20.5 Å². The third-order valence-corrected chi connectivity index (χ3v) is 4.03. The number of alkyl halides is 2. The maximum absolute atomic E-state index is 13.2. The van der Waals surface area contributed by atoms with Gasteiger partial charge in [0.2, 0.25) is 0 Å². The van der Waals surface area contributed by atoms with E-state index in [1.54, 1.807) is 29.6 Å². The highest BCUT2D eigenvalue weighted by Gasteiger charge is 2.18. The number of carbonyl (C=O) groups excluding carboxylic acids is 1. The number of halogens is 2. The Morgan fingerprint density at radius 3 is 2.88 bits per heavy atom. The summed E-state index contributed by atoms with van der Waals surface area (Å²) in [5.41, 5.74) is 1.37. The number of esters is 1. The van der Waals surface area contributed by atoms with Crippen LogP contribution in [0, 0.1) is 6.92 Å². The highest BCUT2D eigenvalue weighted by atomic mass is 32.1. The number of hydrogen-bond acceptors (Lipinski definition) is 5.